The van der Waals surface area contributed by atoms with Crippen LogP contribution in [0, 0.1) is 24.4 Å². The molecule has 0 bridgehead atoms. The van der Waals surface area contributed by atoms with Crippen LogP contribution in [0.25, 0.3) is 6.08 Å². The van der Waals surface area contributed by atoms with Crippen molar-refractivity contribution in [2.45, 2.75) is 13.5 Å². The highest BCUT2D eigenvalue weighted by molar-refractivity contribution is 7.09. The molecule has 4 nitrogen and oxygen atoms in total. The molecule has 0 spiro atoms. The molecular formula is C20H15F3N2O2S. The first-order chi connectivity index (χ1) is 13.4. The first kappa shape index (κ1) is 19.6. The number of carbonyl (C=O) groups excluding carboxylic acids is 1. The number of rotatable bonds is 6. The van der Waals surface area contributed by atoms with E-state index in [0.29, 0.717) is 17.9 Å². The fourth-order valence-electron chi connectivity index (χ4n) is 2.31. The number of halogens is 3. The maximum atomic E-state index is 13.6. The molecule has 1 N–H and O–H groups in total. The zero-order chi connectivity index (χ0) is 20.1. The molecule has 0 aliphatic rings. The van der Waals surface area contributed by atoms with Crippen LogP contribution < -0.4 is 10.1 Å². The molecule has 0 aliphatic heterocycles. The molecule has 144 valence electrons. The van der Waals surface area contributed by atoms with Gasteiger partial charge in [0, 0.05) is 11.5 Å². The number of nitrogens with one attached hydrogen (secondary N) is 1. The monoisotopic (exact) mass is 404 g/mol. The van der Waals surface area contributed by atoms with Gasteiger partial charge in [-0.3, -0.25) is 4.79 Å². The molecule has 0 saturated heterocycles. The fourth-order valence-corrected chi connectivity index (χ4v) is 2.91. The van der Waals surface area contributed by atoms with E-state index in [1.807, 2.05) is 12.3 Å². The summed E-state index contributed by atoms with van der Waals surface area (Å²) in [5.74, 6) is -4.50. The topological polar surface area (TPSA) is 51.2 Å². The van der Waals surface area contributed by atoms with Gasteiger partial charge in [-0.15, -0.1) is 11.3 Å². The predicted octanol–water partition coefficient (Wildman–Crippen LogP) is 5.10. The van der Waals surface area contributed by atoms with Crippen molar-refractivity contribution in [2.24, 2.45) is 0 Å². The summed E-state index contributed by atoms with van der Waals surface area (Å²) >= 11 is 1.54. The van der Waals surface area contributed by atoms with Crippen molar-refractivity contribution >= 4 is 29.0 Å². The van der Waals surface area contributed by atoms with Crippen molar-refractivity contribution in [1.29, 1.82) is 0 Å². The molecule has 0 unspecified atom stereocenters. The normalized spacial score (nSPS) is 11.0. The van der Waals surface area contributed by atoms with Crippen LogP contribution in [0.1, 0.15) is 16.3 Å². The molecule has 1 amide bonds. The van der Waals surface area contributed by atoms with Crippen molar-refractivity contribution < 1.29 is 22.7 Å². The average Bonchev–Trinajstić information content (AvgIpc) is 3.11. The minimum absolute atomic E-state index is 0.327. The van der Waals surface area contributed by atoms with Gasteiger partial charge in [0.2, 0.25) is 5.91 Å². The molecule has 28 heavy (non-hydrogen) atoms. The summed E-state index contributed by atoms with van der Waals surface area (Å²) in [4.78, 5) is 16.2. The zero-order valence-corrected chi connectivity index (χ0v) is 15.5. The molecule has 0 aliphatic carbocycles. The van der Waals surface area contributed by atoms with Crippen LogP contribution in [0.5, 0.6) is 5.75 Å². The van der Waals surface area contributed by atoms with Crippen molar-refractivity contribution in [3.63, 3.8) is 0 Å². The summed E-state index contributed by atoms with van der Waals surface area (Å²) in [7, 11) is 0. The maximum Gasteiger partial charge on any atom is 0.248 e. The number of amides is 1. The molecule has 0 radical (unpaired) electrons. The van der Waals surface area contributed by atoms with E-state index in [9.17, 15) is 18.0 Å². The zero-order valence-electron chi connectivity index (χ0n) is 14.7. The van der Waals surface area contributed by atoms with Gasteiger partial charge in [-0.1, -0.05) is 12.1 Å². The SMILES string of the molecule is Cc1nc(COc2cccc(/C=C/C(=O)Nc3ccc(F)c(F)c3F)c2)cs1. The Morgan fingerprint density at radius 1 is 1.21 bits per heavy atom. The molecule has 0 atom stereocenters. The van der Waals surface area contributed by atoms with Gasteiger partial charge in [-0.25, -0.2) is 18.2 Å². The quantitative estimate of drug-likeness (QED) is 0.459. The number of ether oxygens (including phenoxy) is 1. The number of carbonyl (C=O) groups is 1. The minimum atomic E-state index is -1.64. The number of hydrogen-bond acceptors (Lipinski definition) is 4. The van der Waals surface area contributed by atoms with Crippen LogP contribution in [0.15, 0.2) is 47.9 Å². The molecule has 0 fully saturated rings. The number of anilines is 1. The van der Waals surface area contributed by atoms with Crippen molar-refractivity contribution in [2.75, 3.05) is 5.32 Å². The van der Waals surface area contributed by atoms with Gasteiger partial charge in [-0.05, 0) is 42.8 Å². The van der Waals surface area contributed by atoms with E-state index in [4.69, 9.17) is 4.74 Å². The highest BCUT2D eigenvalue weighted by Crippen LogP contribution is 2.20. The molecule has 3 rings (SSSR count). The van der Waals surface area contributed by atoms with Crippen molar-refractivity contribution in [1.82, 2.24) is 4.98 Å². The van der Waals surface area contributed by atoms with E-state index >= 15 is 0 Å². The summed E-state index contributed by atoms with van der Waals surface area (Å²) in [5, 5.41) is 5.04. The van der Waals surface area contributed by atoms with Crippen LogP contribution in [0.3, 0.4) is 0 Å². The van der Waals surface area contributed by atoms with Crippen molar-refractivity contribution in [3.8, 4) is 5.75 Å². The van der Waals surface area contributed by atoms with Gasteiger partial charge >= 0.3 is 0 Å². The van der Waals surface area contributed by atoms with E-state index < -0.39 is 29.0 Å². The number of aryl methyl sites for hydroxylation is 1. The van der Waals surface area contributed by atoms with Gasteiger partial charge in [0.25, 0.3) is 0 Å². The third kappa shape index (κ3) is 4.98. The largest absolute Gasteiger partial charge is 0.487 e. The lowest BCUT2D eigenvalue weighted by molar-refractivity contribution is -0.111. The Morgan fingerprint density at radius 2 is 2.04 bits per heavy atom. The smallest absolute Gasteiger partial charge is 0.248 e. The number of thiazole rings is 1. The average molecular weight is 404 g/mol. The fraction of sp³-hybridized carbons (Fsp3) is 0.100. The van der Waals surface area contributed by atoms with E-state index in [1.165, 1.54) is 17.4 Å². The standard InChI is InChI=1S/C20H15F3N2O2S/c1-12-24-14(11-28-12)10-27-15-4-2-3-13(9-15)5-8-18(26)25-17-7-6-16(21)19(22)20(17)23/h2-9,11H,10H2,1H3,(H,25,26)/b8-5+. The Morgan fingerprint density at radius 3 is 2.79 bits per heavy atom. The number of aromatic nitrogens is 1. The number of benzene rings is 2. The van der Waals surface area contributed by atoms with Crippen LogP contribution in [0.4, 0.5) is 18.9 Å². The Bertz CT molecular complexity index is 1030. The number of hydrogen-bond donors (Lipinski definition) is 1. The third-order valence-electron chi connectivity index (χ3n) is 3.63. The predicted molar refractivity (Wildman–Crippen MR) is 102 cm³/mol. The summed E-state index contributed by atoms with van der Waals surface area (Å²) in [5.41, 5.74) is 1.06. The summed E-state index contributed by atoms with van der Waals surface area (Å²) < 4.78 is 45.4. The Hall–Kier alpha value is -3.13. The first-order valence-electron chi connectivity index (χ1n) is 8.19. The molecule has 1 heterocycles. The van der Waals surface area contributed by atoms with E-state index in [2.05, 4.69) is 10.3 Å². The molecule has 3 aromatic rings. The maximum absolute atomic E-state index is 13.6. The second kappa shape index (κ2) is 8.71. The van der Waals surface area contributed by atoms with Gasteiger partial charge in [-0.2, -0.15) is 0 Å². The summed E-state index contributed by atoms with van der Waals surface area (Å²) in [6, 6.07) is 8.70. The molecule has 2 aromatic carbocycles. The Kier molecular flexibility index (Phi) is 6.10. The van der Waals surface area contributed by atoms with Gasteiger partial charge < -0.3 is 10.1 Å². The lowest BCUT2D eigenvalue weighted by atomic mass is 10.2. The lowest BCUT2D eigenvalue weighted by Crippen LogP contribution is -2.10. The summed E-state index contributed by atoms with van der Waals surface area (Å²) in [6.07, 6.45) is 2.65. The van der Waals surface area contributed by atoms with Gasteiger partial charge in [0.15, 0.2) is 17.5 Å². The second-order valence-electron chi connectivity index (χ2n) is 5.76. The van der Waals surface area contributed by atoms with E-state index in [0.717, 1.165) is 28.9 Å². The third-order valence-corrected chi connectivity index (χ3v) is 4.45. The van der Waals surface area contributed by atoms with Gasteiger partial charge in [0.05, 0.1) is 16.4 Å². The van der Waals surface area contributed by atoms with Crippen LogP contribution in [-0.2, 0) is 11.4 Å². The number of nitrogens with zero attached hydrogens (tertiary/aromatic N) is 1. The van der Waals surface area contributed by atoms with Crippen LogP contribution in [-0.4, -0.2) is 10.9 Å². The second-order valence-corrected chi connectivity index (χ2v) is 6.83. The Balaban J connectivity index is 1.62. The molecular weight excluding hydrogens is 389 g/mol. The Labute approximate surface area is 163 Å². The molecule has 0 saturated carbocycles. The van der Waals surface area contributed by atoms with Gasteiger partial charge in [0.1, 0.15) is 12.4 Å². The highest BCUT2D eigenvalue weighted by atomic mass is 32.1. The molecule has 8 heteroatoms. The highest BCUT2D eigenvalue weighted by Gasteiger charge is 2.14. The van der Waals surface area contributed by atoms with E-state index in [-0.39, 0.29) is 0 Å². The summed E-state index contributed by atoms with van der Waals surface area (Å²) in [6.45, 7) is 2.24. The first-order valence-corrected chi connectivity index (χ1v) is 9.07. The van der Waals surface area contributed by atoms with Crippen LogP contribution >= 0.6 is 11.3 Å². The minimum Gasteiger partial charge on any atom is -0.487 e. The van der Waals surface area contributed by atoms with Crippen molar-refractivity contribution in [3.05, 3.63) is 81.6 Å². The molecule has 1 aromatic heterocycles. The van der Waals surface area contributed by atoms with Crippen LogP contribution in [0.2, 0.25) is 0 Å². The lowest BCUT2D eigenvalue weighted by Gasteiger charge is -2.06. The van der Waals surface area contributed by atoms with E-state index in [1.54, 1.807) is 24.3 Å².